The van der Waals surface area contributed by atoms with Crippen LogP contribution in [0.5, 0.6) is 11.5 Å². The van der Waals surface area contributed by atoms with Crippen molar-refractivity contribution in [3.63, 3.8) is 0 Å². The van der Waals surface area contributed by atoms with Crippen molar-refractivity contribution in [1.29, 1.82) is 0 Å². The Labute approximate surface area is 234 Å². The molecule has 0 spiro atoms. The quantitative estimate of drug-likeness (QED) is 0.236. The third kappa shape index (κ3) is 8.96. The van der Waals surface area contributed by atoms with E-state index in [2.05, 4.69) is 5.32 Å². The van der Waals surface area contributed by atoms with Gasteiger partial charge in [-0.3, -0.25) is 9.59 Å². The van der Waals surface area contributed by atoms with Gasteiger partial charge in [-0.05, 0) is 60.4 Å². The van der Waals surface area contributed by atoms with Gasteiger partial charge in [-0.25, -0.2) is 0 Å². The molecule has 6 nitrogen and oxygen atoms in total. The van der Waals surface area contributed by atoms with E-state index >= 15 is 0 Å². The van der Waals surface area contributed by atoms with Gasteiger partial charge >= 0.3 is 0 Å². The highest BCUT2D eigenvalue weighted by molar-refractivity contribution is 6.35. The highest BCUT2D eigenvalue weighted by atomic mass is 35.5. The largest absolute Gasteiger partial charge is 0.497 e. The maximum Gasteiger partial charge on any atom is 0.243 e. The molecule has 0 radical (unpaired) electrons. The number of halogens is 2. The van der Waals surface area contributed by atoms with Crippen LogP contribution in [-0.4, -0.2) is 43.0 Å². The van der Waals surface area contributed by atoms with Crippen LogP contribution in [0.1, 0.15) is 37.3 Å². The fraction of sp³-hybridized carbons (Fsp3) is 0.333. The Bertz CT molecular complexity index is 1170. The van der Waals surface area contributed by atoms with E-state index < -0.39 is 6.04 Å². The van der Waals surface area contributed by atoms with Crippen molar-refractivity contribution in [2.75, 3.05) is 20.3 Å². The molecule has 1 atom stereocenters. The number of ether oxygens (including phenoxy) is 2. The molecule has 0 aliphatic carbocycles. The van der Waals surface area contributed by atoms with Crippen LogP contribution in [0.4, 0.5) is 0 Å². The molecular formula is C30H34Cl2N2O4. The number of amides is 2. The first-order valence-corrected chi connectivity index (χ1v) is 13.5. The minimum atomic E-state index is -0.703. The van der Waals surface area contributed by atoms with Gasteiger partial charge < -0.3 is 19.7 Å². The molecule has 8 heteroatoms. The molecule has 3 rings (SSSR count). The normalized spacial score (nSPS) is 11.5. The molecule has 202 valence electrons. The highest BCUT2D eigenvalue weighted by Gasteiger charge is 2.30. The van der Waals surface area contributed by atoms with Crippen molar-refractivity contribution in [3.05, 3.63) is 94.0 Å². The molecular weight excluding hydrogens is 523 g/mol. The van der Waals surface area contributed by atoms with Gasteiger partial charge in [-0.2, -0.15) is 0 Å². The van der Waals surface area contributed by atoms with E-state index in [0.717, 1.165) is 23.3 Å². The molecule has 0 unspecified atom stereocenters. The summed E-state index contributed by atoms with van der Waals surface area (Å²) in [6.07, 6.45) is 1.89. The first-order valence-electron chi connectivity index (χ1n) is 12.7. The van der Waals surface area contributed by atoms with E-state index in [4.69, 9.17) is 32.7 Å². The van der Waals surface area contributed by atoms with Gasteiger partial charge in [0.05, 0.1) is 13.7 Å². The average Bonchev–Trinajstić information content (AvgIpc) is 2.93. The van der Waals surface area contributed by atoms with Crippen LogP contribution in [0.2, 0.25) is 10.0 Å². The van der Waals surface area contributed by atoms with E-state index in [1.807, 2.05) is 61.5 Å². The topological polar surface area (TPSA) is 67.9 Å². The zero-order valence-electron chi connectivity index (χ0n) is 21.8. The van der Waals surface area contributed by atoms with Crippen LogP contribution in [0.15, 0.2) is 72.8 Å². The minimum absolute atomic E-state index is 0.151. The van der Waals surface area contributed by atoms with Crippen molar-refractivity contribution < 1.29 is 19.1 Å². The van der Waals surface area contributed by atoms with Gasteiger partial charge in [0.25, 0.3) is 0 Å². The van der Waals surface area contributed by atoms with E-state index in [0.29, 0.717) is 41.8 Å². The standard InChI is InChI=1S/C30H34Cl2N2O4/c1-3-17-33-30(36)28(19-22-8-5-4-6-9-22)34(21-23-11-12-24(31)20-27(23)32)29(35)10-7-18-38-26-15-13-25(37-2)14-16-26/h4-6,8-9,11-16,20,28H,3,7,10,17-19,21H2,1-2H3,(H,33,36)/t28-/m1/s1. The zero-order chi connectivity index (χ0) is 27.3. The Balaban J connectivity index is 1.78. The lowest BCUT2D eigenvalue weighted by atomic mass is 10.0. The van der Waals surface area contributed by atoms with Crippen molar-refractivity contribution in [2.24, 2.45) is 0 Å². The summed E-state index contributed by atoms with van der Waals surface area (Å²) in [4.78, 5) is 28.6. The van der Waals surface area contributed by atoms with Crippen LogP contribution in [-0.2, 0) is 22.6 Å². The zero-order valence-corrected chi connectivity index (χ0v) is 23.3. The predicted molar refractivity (Wildman–Crippen MR) is 152 cm³/mol. The fourth-order valence-electron chi connectivity index (χ4n) is 3.98. The summed E-state index contributed by atoms with van der Waals surface area (Å²) in [6, 6.07) is 21.5. The molecule has 0 bridgehead atoms. The fourth-order valence-corrected chi connectivity index (χ4v) is 4.45. The summed E-state index contributed by atoms with van der Waals surface area (Å²) in [5.74, 6) is 1.10. The first-order chi connectivity index (χ1) is 18.4. The maximum absolute atomic E-state index is 13.6. The second kappa shape index (κ2) is 15.3. The smallest absolute Gasteiger partial charge is 0.243 e. The number of rotatable bonds is 14. The molecule has 1 N–H and O–H groups in total. The molecule has 0 aromatic heterocycles. The van der Waals surface area contributed by atoms with Crippen molar-refractivity contribution in [1.82, 2.24) is 10.2 Å². The number of hydrogen-bond acceptors (Lipinski definition) is 4. The minimum Gasteiger partial charge on any atom is -0.497 e. The van der Waals surface area contributed by atoms with E-state index in [9.17, 15) is 9.59 Å². The average molecular weight is 558 g/mol. The second-order valence-corrected chi connectivity index (χ2v) is 9.73. The Morgan fingerprint density at radius 2 is 1.68 bits per heavy atom. The molecule has 2 amide bonds. The Morgan fingerprint density at radius 3 is 2.34 bits per heavy atom. The first kappa shape index (κ1) is 29.3. The van der Waals surface area contributed by atoms with Gasteiger partial charge in [0.2, 0.25) is 11.8 Å². The molecule has 0 aliphatic rings. The molecule has 3 aromatic rings. The van der Waals surface area contributed by atoms with Gasteiger partial charge in [-0.1, -0.05) is 66.5 Å². The second-order valence-electron chi connectivity index (χ2n) is 8.88. The van der Waals surface area contributed by atoms with Crippen LogP contribution in [0.25, 0.3) is 0 Å². The SMILES string of the molecule is CCCNC(=O)[C@@H](Cc1ccccc1)N(Cc1ccc(Cl)cc1Cl)C(=O)CCCOc1ccc(OC)cc1. The van der Waals surface area contributed by atoms with E-state index in [1.54, 1.807) is 30.2 Å². The predicted octanol–water partition coefficient (Wildman–Crippen LogP) is 6.33. The Morgan fingerprint density at radius 1 is 0.974 bits per heavy atom. The van der Waals surface area contributed by atoms with Crippen molar-refractivity contribution >= 4 is 35.0 Å². The van der Waals surface area contributed by atoms with Crippen molar-refractivity contribution in [2.45, 2.75) is 45.2 Å². The number of hydrogen-bond donors (Lipinski definition) is 1. The molecule has 38 heavy (non-hydrogen) atoms. The molecule has 0 fully saturated rings. The molecule has 0 saturated carbocycles. The summed E-state index contributed by atoms with van der Waals surface area (Å²) in [5, 5.41) is 3.93. The molecule has 3 aromatic carbocycles. The van der Waals surface area contributed by atoms with Gasteiger partial charge in [0.1, 0.15) is 17.5 Å². The molecule has 0 heterocycles. The van der Waals surface area contributed by atoms with Gasteiger partial charge in [0, 0.05) is 36.0 Å². The van der Waals surface area contributed by atoms with Gasteiger partial charge in [-0.15, -0.1) is 0 Å². The summed E-state index contributed by atoms with van der Waals surface area (Å²) in [7, 11) is 1.61. The number of benzene rings is 3. The van der Waals surface area contributed by atoms with Crippen LogP contribution in [0.3, 0.4) is 0 Å². The van der Waals surface area contributed by atoms with Gasteiger partial charge in [0.15, 0.2) is 0 Å². The third-order valence-electron chi connectivity index (χ3n) is 6.04. The lowest BCUT2D eigenvalue weighted by Gasteiger charge is -2.32. The number of methoxy groups -OCH3 is 1. The number of nitrogens with one attached hydrogen (secondary N) is 1. The molecule has 0 aliphatic heterocycles. The van der Waals surface area contributed by atoms with Crippen LogP contribution in [0, 0.1) is 0 Å². The maximum atomic E-state index is 13.6. The number of carbonyl (C=O) groups is 2. The van der Waals surface area contributed by atoms with E-state index in [1.165, 1.54) is 0 Å². The number of nitrogens with zero attached hydrogens (tertiary/aromatic N) is 1. The van der Waals surface area contributed by atoms with E-state index in [-0.39, 0.29) is 24.8 Å². The Kier molecular flexibility index (Phi) is 11.8. The Hall–Kier alpha value is -3.22. The third-order valence-corrected chi connectivity index (χ3v) is 6.63. The molecule has 0 saturated heterocycles. The monoisotopic (exact) mass is 556 g/mol. The summed E-state index contributed by atoms with van der Waals surface area (Å²) in [5.41, 5.74) is 1.69. The summed E-state index contributed by atoms with van der Waals surface area (Å²) < 4.78 is 11.0. The summed E-state index contributed by atoms with van der Waals surface area (Å²) in [6.45, 7) is 3.07. The van der Waals surface area contributed by atoms with Crippen LogP contribution >= 0.6 is 23.2 Å². The van der Waals surface area contributed by atoms with Crippen LogP contribution < -0.4 is 14.8 Å². The summed E-state index contributed by atoms with van der Waals surface area (Å²) >= 11 is 12.6. The lowest BCUT2D eigenvalue weighted by molar-refractivity contribution is -0.141. The highest BCUT2D eigenvalue weighted by Crippen LogP contribution is 2.25. The number of carbonyl (C=O) groups excluding carboxylic acids is 2. The van der Waals surface area contributed by atoms with Crippen molar-refractivity contribution in [3.8, 4) is 11.5 Å². The lowest BCUT2D eigenvalue weighted by Crippen LogP contribution is -2.50.